The van der Waals surface area contributed by atoms with Gasteiger partial charge in [-0.1, -0.05) is 6.07 Å². The third-order valence-electron chi connectivity index (χ3n) is 4.77. The van der Waals surface area contributed by atoms with Gasteiger partial charge in [0.05, 0.1) is 22.3 Å². The lowest BCUT2D eigenvalue weighted by molar-refractivity contribution is 0.0581. The molecule has 0 radical (unpaired) electrons. The van der Waals surface area contributed by atoms with Crippen molar-refractivity contribution in [2.24, 2.45) is 0 Å². The molecule has 0 aliphatic heterocycles. The Balaban J connectivity index is 2.10. The molecule has 33 heavy (non-hydrogen) atoms. The van der Waals surface area contributed by atoms with Gasteiger partial charge >= 0.3 is 6.09 Å². The number of hydrogen-bond acceptors (Lipinski definition) is 7. The number of hydrogen-bond donors (Lipinski definition) is 0. The van der Waals surface area contributed by atoms with Crippen LogP contribution in [0.5, 0.6) is 0 Å². The number of pyridine rings is 2. The lowest BCUT2D eigenvalue weighted by atomic mass is 9.98. The van der Waals surface area contributed by atoms with Gasteiger partial charge in [0.15, 0.2) is 0 Å². The van der Waals surface area contributed by atoms with Gasteiger partial charge in [0.25, 0.3) is 0 Å². The molecule has 170 valence electrons. The van der Waals surface area contributed by atoms with E-state index >= 15 is 0 Å². The molecule has 3 aromatic heterocycles. The maximum Gasteiger partial charge on any atom is 0.416 e. The van der Waals surface area contributed by atoms with Crippen LogP contribution < -0.4 is 4.90 Å². The predicted molar refractivity (Wildman–Crippen MR) is 122 cm³/mol. The van der Waals surface area contributed by atoms with Crippen LogP contribution in [0.4, 0.5) is 15.0 Å². The Hall–Kier alpha value is -3.88. The number of aromatic nitrogens is 4. The summed E-state index contributed by atoms with van der Waals surface area (Å²) in [5.41, 5.74) is 1.17. The van der Waals surface area contributed by atoms with E-state index in [0.717, 1.165) is 0 Å². The van der Waals surface area contributed by atoms with Crippen LogP contribution in [0.3, 0.4) is 0 Å². The van der Waals surface area contributed by atoms with Gasteiger partial charge in [0.2, 0.25) is 11.8 Å². The zero-order valence-electron chi connectivity index (χ0n) is 19.1. The van der Waals surface area contributed by atoms with Gasteiger partial charge in [-0.25, -0.2) is 14.2 Å². The van der Waals surface area contributed by atoms with E-state index in [1.54, 1.807) is 52.1 Å². The first-order valence-corrected chi connectivity index (χ1v) is 10.5. The second-order valence-electron chi connectivity index (χ2n) is 8.41. The number of amides is 1. The molecule has 1 amide bonds. The van der Waals surface area contributed by atoms with Crippen molar-refractivity contribution in [3.8, 4) is 22.7 Å². The van der Waals surface area contributed by atoms with Crippen LogP contribution in [0.15, 0.2) is 47.0 Å². The van der Waals surface area contributed by atoms with Gasteiger partial charge in [0.1, 0.15) is 17.2 Å². The number of ether oxygens (including phenoxy) is 1. The van der Waals surface area contributed by atoms with Crippen molar-refractivity contribution >= 4 is 22.8 Å². The molecule has 0 fully saturated rings. The predicted octanol–water partition coefficient (Wildman–Crippen LogP) is 5.56. The van der Waals surface area contributed by atoms with Crippen molar-refractivity contribution < 1.29 is 18.3 Å². The summed E-state index contributed by atoms with van der Waals surface area (Å²) in [6.07, 6.45) is 1.06. The van der Waals surface area contributed by atoms with Crippen LogP contribution in [-0.2, 0) is 4.74 Å². The Morgan fingerprint density at radius 3 is 2.55 bits per heavy atom. The molecule has 0 unspecified atom stereocenters. The van der Waals surface area contributed by atoms with Crippen molar-refractivity contribution in [1.29, 1.82) is 0 Å². The molecular weight excluding hydrogens is 425 g/mol. The molecule has 1 aromatic carbocycles. The Morgan fingerprint density at radius 2 is 1.94 bits per heavy atom. The molecule has 9 heteroatoms. The maximum atomic E-state index is 14.3. The monoisotopic (exact) mass is 449 g/mol. The Labute approximate surface area is 190 Å². The molecule has 0 atom stereocenters. The smallest absolute Gasteiger partial charge is 0.416 e. The molecular formula is C24H24FN5O3. The largest absolute Gasteiger partial charge is 0.443 e. The number of benzene rings is 1. The van der Waals surface area contributed by atoms with Gasteiger partial charge in [-0.15, -0.1) is 10.2 Å². The van der Waals surface area contributed by atoms with E-state index in [9.17, 15) is 9.18 Å². The van der Waals surface area contributed by atoms with Crippen molar-refractivity contribution in [3.63, 3.8) is 0 Å². The molecule has 4 aromatic rings. The fourth-order valence-corrected chi connectivity index (χ4v) is 3.47. The molecule has 0 aliphatic rings. The molecule has 4 rings (SSSR count). The van der Waals surface area contributed by atoms with Gasteiger partial charge in [0, 0.05) is 25.1 Å². The molecule has 0 N–H and O–H groups in total. The van der Waals surface area contributed by atoms with Crippen LogP contribution in [0, 0.1) is 12.7 Å². The minimum atomic E-state index is -0.706. The summed E-state index contributed by atoms with van der Waals surface area (Å²) in [5.74, 6) is 0.378. The fourth-order valence-electron chi connectivity index (χ4n) is 3.47. The number of halogens is 1. The maximum absolute atomic E-state index is 14.3. The summed E-state index contributed by atoms with van der Waals surface area (Å²) in [6.45, 7) is 9.14. The lowest BCUT2D eigenvalue weighted by Gasteiger charge is -2.28. The van der Waals surface area contributed by atoms with E-state index in [4.69, 9.17) is 14.1 Å². The van der Waals surface area contributed by atoms with Gasteiger partial charge in [-0.2, -0.15) is 0 Å². The minimum absolute atomic E-state index is 0.174. The number of carbonyl (C=O) groups excluding carboxylic acids is 1. The zero-order chi connectivity index (χ0) is 23.8. The SMILES string of the molecule is CCN(C(=O)OC(C)(C)C)c1nc2ccc(F)cc2c(-c2nnc(C)o2)c1-c1ccccn1. The van der Waals surface area contributed by atoms with Crippen molar-refractivity contribution in [3.05, 3.63) is 54.3 Å². The number of fused-ring (bicyclic) bond motifs is 1. The molecule has 3 heterocycles. The van der Waals surface area contributed by atoms with Crippen molar-refractivity contribution in [2.75, 3.05) is 11.4 Å². The number of carbonyl (C=O) groups is 1. The third kappa shape index (κ3) is 4.52. The van der Waals surface area contributed by atoms with E-state index in [1.807, 2.05) is 13.0 Å². The van der Waals surface area contributed by atoms with Gasteiger partial charge < -0.3 is 9.15 Å². The molecule has 8 nitrogen and oxygen atoms in total. The highest BCUT2D eigenvalue weighted by atomic mass is 19.1. The average Bonchev–Trinajstić information content (AvgIpc) is 3.18. The van der Waals surface area contributed by atoms with Crippen molar-refractivity contribution in [1.82, 2.24) is 20.2 Å². The van der Waals surface area contributed by atoms with Crippen LogP contribution >= 0.6 is 0 Å². The topological polar surface area (TPSA) is 94.2 Å². The van der Waals surface area contributed by atoms with E-state index in [-0.39, 0.29) is 12.4 Å². The van der Waals surface area contributed by atoms with E-state index in [1.165, 1.54) is 17.0 Å². The van der Waals surface area contributed by atoms with Crippen LogP contribution in [0.2, 0.25) is 0 Å². The molecule has 0 aliphatic carbocycles. The Bertz CT molecular complexity index is 1320. The summed E-state index contributed by atoms with van der Waals surface area (Å²) in [4.78, 5) is 23.8. The minimum Gasteiger partial charge on any atom is -0.443 e. The Morgan fingerprint density at radius 1 is 1.15 bits per heavy atom. The second-order valence-corrected chi connectivity index (χ2v) is 8.41. The summed E-state index contributed by atoms with van der Waals surface area (Å²) < 4.78 is 25.7. The number of rotatable bonds is 4. The van der Waals surface area contributed by atoms with Crippen LogP contribution in [-0.4, -0.2) is 38.4 Å². The Kier molecular flexibility index (Phi) is 5.80. The lowest BCUT2D eigenvalue weighted by Crippen LogP contribution is -2.37. The van der Waals surface area contributed by atoms with Crippen LogP contribution in [0.25, 0.3) is 33.6 Å². The number of aryl methyl sites for hydroxylation is 1. The van der Waals surface area contributed by atoms with E-state index < -0.39 is 17.5 Å². The quantitative estimate of drug-likeness (QED) is 0.403. The molecule has 0 spiro atoms. The first kappa shape index (κ1) is 22.3. The second kappa shape index (κ2) is 8.57. The third-order valence-corrected chi connectivity index (χ3v) is 4.77. The summed E-state index contributed by atoms with van der Waals surface area (Å²) in [5, 5.41) is 8.59. The summed E-state index contributed by atoms with van der Waals surface area (Å²) >= 11 is 0. The first-order valence-electron chi connectivity index (χ1n) is 10.5. The van der Waals surface area contributed by atoms with E-state index in [2.05, 4.69) is 15.2 Å². The summed E-state index contributed by atoms with van der Waals surface area (Å²) in [6, 6.07) is 9.59. The number of nitrogens with zero attached hydrogens (tertiary/aromatic N) is 5. The molecule has 0 bridgehead atoms. The highest BCUT2D eigenvalue weighted by Crippen LogP contribution is 2.42. The van der Waals surface area contributed by atoms with Gasteiger partial charge in [-0.05, 0) is 58.0 Å². The highest BCUT2D eigenvalue weighted by molar-refractivity contribution is 6.06. The fraction of sp³-hybridized carbons (Fsp3) is 0.292. The molecule has 0 saturated heterocycles. The standard InChI is InChI=1S/C24H24FN5O3/c1-6-30(23(31)33-24(3,4)5)21-20(18-9-7-8-12-26-18)19(22-29-28-14(2)32-22)16-13-15(25)10-11-17(16)27-21/h7-13H,6H2,1-5H3. The normalized spacial score (nSPS) is 11.6. The van der Waals surface area contributed by atoms with E-state index in [0.29, 0.717) is 39.4 Å². The van der Waals surface area contributed by atoms with Gasteiger partial charge in [-0.3, -0.25) is 9.88 Å². The first-order chi connectivity index (χ1) is 15.7. The highest BCUT2D eigenvalue weighted by Gasteiger charge is 2.30. The summed E-state index contributed by atoms with van der Waals surface area (Å²) in [7, 11) is 0. The number of anilines is 1. The van der Waals surface area contributed by atoms with Crippen molar-refractivity contribution in [2.45, 2.75) is 40.2 Å². The average molecular weight is 449 g/mol. The molecule has 0 saturated carbocycles. The van der Waals surface area contributed by atoms with Crippen LogP contribution in [0.1, 0.15) is 33.6 Å². The zero-order valence-corrected chi connectivity index (χ0v) is 19.1.